The summed E-state index contributed by atoms with van der Waals surface area (Å²) in [4.78, 5) is 11.7. The largest absolute Gasteiger partial charge is 0.445 e. The molecule has 0 spiro atoms. The van der Waals surface area contributed by atoms with Crippen molar-refractivity contribution in [3.63, 3.8) is 0 Å². The predicted molar refractivity (Wildman–Crippen MR) is 133 cm³/mol. The molecule has 0 aliphatic carbocycles. The third-order valence-corrected chi connectivity index (χ3v) is 5.69. The monoisotopic (exact) mass is 440 g/mol. The third-order valence-electron chi connectivity index (χ3n) is 5.69. The maximum absolute atomic E-state index is 11.7. The second-order valence-corrected chi connectivity index (χ2v) is 8.21. The van der Waals surface area contributed by atoms with Crippen LogP contribution in [0.2, 0.25) is 0 Å². The van der Waals surface area contributed by atoms with E-state index < -0.39 is 0 Å². The number of unbranched alkanes of at least 4 members (excludes halogenated alkanes) is 5. The second kappa shape index (κ2) is 13.8. The zero-order valence-electron chi connectivity index (χ0n) is 19.1. The van der Waals surface area contributed by atoms with Crippen molar-refractivity contribution in [2.45, 2.75) is 51.6 Å². The van der Waals surface area contributed by atoms with Gasteiger partial charge in [-0.15, -0.1) is 0 Å². The van der Waals surface area contributed by atoms with Gasteiger partial charge in [0, 0.05) is 6.54 Å². The molecule has 1 N–H and O–H groups in total. The molecule has 0 unspecified atom stereocenters. The van der Waals surface area contributed by atoms with Gasteiger partial charge in [-0.3, -0.25) is 0 Å². The Balaban J connectivity index is 1.21. The lowest BCUT2D eigenvalue weighted by Gasteiger charge is -2.07. The van der Waals surface area contributed by atoms with Crippen LogP contribution in [0.15, 0.2) is 78.9 Å². The van der Waals surface area contributed by atoms with Gasteiger partial charge in [-0.1, -0.05) is 98.5 Å². The number of alkyl carbamates (subject to hydrolysis) is 1. The Labute approximate surface area is 197 Å². The molecule has 3 rings (SSSR count). The number of rotatable bonds is 12. The van der Waals surface area contributed by atoms with Crippen LogP contribution in [-0.4, -0.2) is 12.6 Å². The molecule has 0 atom stereocenters. The molecule has 3 aromatic carbocycles. The van der Waals surface area contributed by atoms with Crippen molar-refractivity contribution in [3.8, 4) is 17.2 Å². The molecule has 1 amide bonds. The Morgan fingerprint density at radius 2 is 1.42 bits per heavy atom. The zero-order chi connectivity index (χ0) is 23.1. The van der Waals surface area contributed by atoms with Gasteiger partial charge in [-0.05, 0) is 47.6 Å². The molecular weight excluding hydrogens is 408 g/mol. The number of amides is 1. The number of nitrogens with one attached hydrogen (secondary N) is 1. The molecule has 170 valence electrons. The highest BCUT2D eigenvalue weighted by atomic mass is 16.5. The molecule has 0 aliphatic rings. The average molecular weight is 441 g/mol. The van der Waals surface area contributed by atoms with Crippen LogP contribution in [-0.2, 0) is 17.8 Å². The standard InChI is InChI=1S/C29H32N2O2/c30-22-27-15-9-10-16-28(27)26-19-17-24(18-20-26)12-6-3-1-2-4-11-21-31-29(32)33-23-25-13-7-5-8-14-25/h5,7-10,13-20H,1-4,6,11-12,21,23H2,(H,31,32). The van der Waals surface area contributed by atoms with Gasteiger partial charge in [0.05, 0.1) is 11.6 Å². The Bertz CT molecular complexity index is 1020. The van der Waals surface area contributed by atoms with Crippen LogP contribution >= 0.6 is 0 Å². The molecule has 4 nitrogen and oxygen atoms in total. The van der Waals surface area contributed by atoms with Gasteiger partial charge in [0.15, 0.2) is 0 Å². The minimum Gasteiger partial charge on any atom is -0.445 e. The Kier molecular flexibility index (Phi) is 10.0. The molecular formula is C29H32N2O2. The van der Waals surface area contributed by atoms with E-state index >= 15 is 0 Å². The van der Waals surface area contributed by atoms with Crippen LogP contribution in [0.5, 0.6) is 0 Å². The molecule has 3 aromatic rings. The number of hydrogen-bond acceptors (Lipinski definition) is 3. The highest BCUT2D eigenvalue weighted by molar-refractivity contribution is 5.70. The molecule has 0 heterocycles. The number of hydrogen-bond donors (Lipinski definition) is 1. The van der Waals surface area contributed by atoms with Crippen LogP contribution in [0.1, 0.15) is 55.2 Å². The van der Waals surface area contributed by atoms with Gasteiger partial charge in [0.25, 0.3) is 0 Å². The number of nitrogens with zero attached hydrogens (tertiary/aromatic N) is 1. The van der Waals surface area contributed by atoms with Gasteiger partial charge in [-0.2, -0.15) is 5.26 Å². The molecule has 4 heteroatoms. The van der Waals surface area contributed by atoms with E-state index in [0.717, 1.165) is 36.0 Å². The van der Waals surface area contributed by atoms with E-state index in [1.807, 2.05) is 54.6 Å². The number of carbonyl (C=O) groups is 1. The smallest absolute Gasteiger partial charge is 0.407 e. The lowest BCUT2D eigenvalue weighted by atomic mass is 9.98. The predicted octanol–water partition coefficient (Wildman–Crippen LogP) is 7.03. The van der Waals surface area contributed by atoms with E-state index in [1.54, 1.807) is 0 Å². The van der Waals surface area contributed by atoms with E-state index in [1.165, 1.54) is 31.2 Å². The van der Waals surface area contributed by atoms with E-state index in [2.05, 4.69) is 35.7 Å². The summed E-state index contributed by atoms with van der Waals surface area (Å²) in [5, 5.41) is 12.1. The number of ether oxygens (including phenoxy) is 1. The number of benzene rings is 3. The summed E-state index contributed by atoms with van der Waals surface area (Å²) in [5.74, 6) is 0. The summed E-state index contributed by atoms with van der Waals surface area (Å²) in [7, 11) is 0. The van der Waals surface area contributed by atoms with Crippen molar-refractivity contribution >= 4 is 6.09 Å². The maximum Gasteiger partial charge on any atom is 0.407 e. The molecule has 0 radical (unpaired) electrons. The molecule has 0 saturated heterocycles. The fourth-order valence-corrected chi connectivity index (χ4v) is 3.81. The SMILES string of the molecule is N#Cc1ccccc1-c1ccc(CCCCCCCCNC(=O)OCc2ccccc2)cc1. The highest BCUT2D eigenvalue weighted by Crippen LogP contribution is 2.24. The van der Waals surface area contributed by atoms with Crippen molar-refractivity contribution in [2.24, 2.45) is 0 Å². The quantitative estimate of drug-likeness (QED) is 0.307. The van der Waals surface area contributed by atoms with Crippen LogP contribution < -0.4 is 5.32 Å². The summed E-state index contributed by atoms with van der Waals surface area (Å²) in [6, 6.07) is 28.3. The Hall–Kier alpha value is -3.58. The minimum atomic E-state index is -0.346. The van der Waals surface area contributed by atoms with Crippen molar-refractivity contribution in [3.05, 3.63) is 95.6 Å². The van der Waals surface area contributed by atoms with Crippen LogP contribution in [0.4, 0.5) is 4.79 Å². The normalized spacial score (nSPS) is 10.4. The summed E-state index contributed by atoms with van der Waals surface area (Å²) in [6.45, 7) is 0.970. The fraction of sp³-hybridized carbons (Fsp3) is 0.310. The summed E-state index contributed by atoms with van der Waals surface area (Å²) >= 11 is 0. The lowest BCUT2D eigenvalue weighted by Crippen LogP contribution is -2.25. The minimum absolute atomic E-state index is 0.308. The second-order valence-electron chi connectivity index (χ2n) is 8.21. The first kappa shape index (κ1) is 24.1. The number of nitriles is 1. The highest BCUT2D eigenvalue weighted by Gasteiger charge is 2.04. The van der Waals surface area contributed by atoms with Gasteiger partial charge in [0.1, 0.15) is 6.61 Å². The number of aryl methyl sites for hydroxylation is 1. The Morgan fingerprint density at radius 1 is 0.758 bits per heavy atom. The first-order valence-corrected chi connectivity index (χ1v) is 11.8. The van der Waals surface area contributed by atoms with Gasteiger partial charge in [0.2, 0.25) is 0 Å². The Morgan fingerprint density at radius 3 is 2.18 bits per heavy atom. The van der Waals surface area contributed by atoms with Crippen molar-refractivity contribution in [1.82, 2.24) is 5.32 Å². The summed E-state index contributed by atoms with van der Waals surface area (Å²) < 4.78 is 5.21. The van der Waals surface area contributed by atoms with Gasteiger partial charge in [-0.25, -0.2) is 4.79 Å². The zero-order valence-corrected chi connectivity index (χ0v) is 19.1. The van der Waals surface area contributed by atoms with Crippen molar-refractivity contribution in [2.75, 3.05) is 6.54 Å². The van der Waals surface area contributed by atoms with E-state index in [0.29, 0.717) is 18.7 Å². The molecule has 0 aromatic heterocycles. The van der Waals surface area contributed by atoms with Crippen LogP contribution in [0, 0.1) is 11.3 Å². The average Bonchev–Trinajstić information content (AvgIpc) is 2.87. The van der Waals surface area contributed by atoms with Crippen molar-refractivity contribution in [1.29, 1.82) is 5.26 Å². The third kappa shape index (κ3) is 8.46. The van der Waals surface area contributed by atoms with Gasteiger partial charge < -0.3 is 10.1 Å². The molecule has 0 aliphatic heterocycles. The topological polar surface area (TPSA) is 62.1 Å². The first-order chi connectivity index (χ1) is 16.3. The van der Waals surface area contributed by atoms with Gasteiger partial charge >= 0.3 is 6.09 Å². The first-order valence-electron chi connectivity index (χ1n) is 11.8. The molecule has 0 saturated carbocycles. The van der Waals surface area contributed by atoms with Crippen molar-refractivity contribution < 1.29 is 9.53 Å². The van der Waals surface area contributed by atoms with Crippen LogP contribution in [0.3, 0.4) is 0 Å². The van der Waals surface area contributed by atoms with Crippen LogP contribution in [0.25, 0.3) is 11.1 Å². The summed E-state index contributed by atoms with van der Waals surface area (Å²) in [5.41, 5.74) is 5.13. The lowest BCUT2D eigenvalue weighted by molar-refractivity contribution is 0.139. The van der Waals surface area contributed by atoms with E-state index in [9.17, 15) is 10.1 Å². The molecule has 33 heavy (non-hydrogen) atoms. The fourth-order valence-electron chi connectivity index (χ4n) is 3.81. The summed E-state index contributed by atoms with van der Waals surface area (Å²) in [6.07, 6.45) is 7.62. The van der Waals surface area contributed by atoms with E-state index in [-0.39, 0.29) is 6.09 Å². The number of carbonyl (C=O) groups excluding carboxylic acids is 1. The maximum atomic E-state index is 11.7. The molecule has 0 fully saturated rings. The van der Waals surface area contributed by atoms with E-state index in [4.69, 9.17) is 4.74 Å². The molecule has 0 bridgehead atoms.